The summed E-state index contributed by atoms with van der Waals surface area (Å²) in [6.45, 7) is 5.83. The van der Waals surface area contributed by atoms with Crippen LogP contribution in [0.25, 0.3) is 11.4 Å². The van der Waals surface area contributed by atoms with E-state index >= 15 is 0 Å². The van der Waals surface area contributed by atoms with Crippen LogP contribution in [0.4, 0.5) is 0 Å². The number of rotatable bonds is 4. The molecule has 3 aromatic rings. The first-order valence-electron chi connectivity index (χ1n) is 9.83. The maximum absolute atomic E-state index is 13.5. The van der Waals surface area contributed by atoms with Crippen LogP contribution in [0.5, 0.6) is 0 Å². The number of nitrogens with zero attached hydrogens (tertiary/aromatic N) is 4. The predicted octanol–water partition coefficient (Wildman–Crippen LogP) is 1.57. The highest BCUT2D eigenvalue weighted by molar-refractivity contribution is 7.89. The Morgan fingerprint density at radius 3 is 2.52 bits per heavy atom. The molecule has 10 nitrogen and oxygen atoms in total. The van der Waals surface area contributed by atoms with Crippen LogP contribution < -0.4 is 11.2 Å². The zero-order valence-corrected chi connectivity index (χ0v) is 18.5. The second kappa shape index (κ2) is 7.57. The molecule has 3 heterocycles. The fraction of sp³-hybridized carbons (Fsp3) is 0.400. The minimum absolute atomic E-state index is 0.00112. The number of aromatic amines is 1. The summed E-state index contributed by atoms with van der Waals surface area (Å²) >= 11 is 0. The minimum atomic E-state index is -3.80. The van der Waals surface area contributed by atoms with Crippen LogP contribution in [-0.2, 0) is 17.1 Å². The Morgan fingerprint density at radius 1 is 1.16 bits per heavy atom. The summed E-state index contributed by atoms with van der Waals surface area (Å²) in [4.78, 5) is 30.5. The first-order valence-corrected chi connectivity index (χ1v) is 11.3. The lowest BCUT2D eigenvalue weighted by Crippen LogP contribution is -2.32. The van der Waals surface area contributed by atoms with E-state index in [4.69, 9.17) is 4.52 Å². The molecule has 1 aliphatic rings. The van der Waals surface area contributed by atoms with Crippen molar-refractivity contribution in [3.63, 3.8) is 0 Å². The molecular weight excluding hydrogens is 422 g/mol. The number of benzene rings is 1. The molecule has 0 amide bonds. The predicted molar refractivity (Wildman–Crippen MR) is 112 cm³/mol. The van der Waals surface area contributed by atoms with Crippen LogP contribution in [0.1, 0.15) is 41.5 Å². The summed E-state index contributed by atoms with van der Waals surface area (Å²) in [7, 11) is -2.31. The topological polar surface area (TPSA) is 131 Å². The Bertz CT molecular complexity index is 1360. The van der Waals surface area contributed by atoms with Gasteiger partial charge in [-0.1, -0.05) is 22.9 Å². The van der Waals surface area contributed by atoms with Crippen molar-refractivity contribution in [3.8, 4) is 11.4 Å². The number of hydrogen-bond acceptors (Lipinski definition) is 7. The van der Waals surface area contributed by atoms with Crippen LogP contribution >= 0.6 is 0 Å². The number of H-pyrrole nitrogens is 1. The van der Waals surface area contributed by atoms with Gasteiger partial charge < -0.3 is 9.09 Å². The second-order valence-corrected chi connectivity index (χ2v) is 9.70. The average Bonchev–Trinajstić information content (AvgIpc) is 3.33. The van der Waals surface area contributed by atoms with E-state index in [2.05, 4.69) is 15.1 Å². The maximum atomic E-state index is 13.5. The highest BCUT2D eigenvalue weighted by Gasteiger charge is 2.40. The third-order valence-corrected chi connectivity index (χ3v) is 7.67. The molecule has 0 spiro atoms. The van der Waals surface area contributed by atoms with Gasteiger partial charge in [-0.25, -0.2) is 13.2 Å². The number of aryl methyl sites for hydroxylation is 4. The SMILES string of the molecule is Cc1cc(C)c(S(=O)(=O)N2CCCC2c2nc(-c3cn(C)c(=O)[nH]c3=O)no2)c(C)c1. The minimum Gasteiger partial charge on any atom is -0.337 e. The first kappa shape index (κ1) is 21.2. The lowest BCUT2D eigenvalue weighted by atomic mass is 10.1. The second-order valence-electron chi connectivity index (χ2n) is 7.87. The van der Waals surface area contributed by atoms with E-state index in [1.807, 2.05) is 19.1 Å². The van der Waals surface area contributed by atoms with Crippen LogP contribution in [0.3, 0.4) is 0 Å². The molecule has 1 aliphatic heterocycles. The third kappa shape index (κ3) is 3.63. The van der Waals surface area contributed by atoms with Gasteiger partial charge in [-0.05, 0) is 44.7 Å². The molecule has 1 fully saturated rings. The number of hydrogen-bond donors (Lipinski definition) is 1. The van der Waals surface area contributed by atoms with E-state index in [-0.39, 0.29) is 17.3 Å². The Balaban J connectivity index is 1.73. The van der Waals surface area contributed by atoms with E-state index in [1.54, 1.807) is 13.8 Å². The molecule has 2 aromatic heterocycles. The summed E-state index contributed by atoms with van der Waals surface area (Å²) in [6, 6.07) is 3.07. The smallest absolute Gasteiger partial charge is 0.328 e. The Hall–Kier alpha value is -3.05. The number of nitrogens with one attached hydrogen (secondary N) is 1. The molecule has 164 valence electrons. The van der Waals surface area contributed by atoms with Gasteiger partial charge in [0.1, 0.15) is 11.6 Å². The van der Waals surface area contributed by atoms with E-state index in [9.17, 15) is 18.0 Å². The van der Waals surface area contributed by atoms with E-state index in [0.29, 0.717) is 35.4 Å². The lowest BCUT2D eigenvalue weighted by molar-refractivity contribution is 0.290. The molecule has 0 aliphatic carbocycles. The Morgan fingerprint density at radius 2 is 1.84 bits per heavy atom. The third-order valence-electron chi connectivity index (χ3n) is 5.45. The van der Waals surface area contributed by atoms with E-state index in [1.165, 1.54) is 22.1 Å². The van der Waals surface area contributed by atoms with Crippen molar-refractivity contribution in [2.45, 2.75) is 44.6 Å². The highest BCUT2D eigenvalue weighted by Crippen LogP contribution is 2.38. The largest absolute Gasteiger partial charge is 0.337 e. The molecule has 1 N–H and O–H groups in total. The van der Waals surface area contributed by atoms with Crippen molar-refractivity contribution >= 4 is 10.0 Å². The molecule has 1 aromatic carbocycles. The highest BCUT2D eigenvalue weighted by atomic mass is 32.2. The first-order chi connectivity index (χ1) is 14.6. The molecule has 1 unspecified atom stereocenters. The fourth-order valence-corrected chi connectivity index (χ4v) is 6.23. The van der Waals surface area contributed by atoms with Crippen molar-refractivity contribution in [1.29, 1.82) is 0 Å². The summed E-state index contributed by atoms with van der Waals surface area (Å²) < 4.78 is 35.0. The van der Waals surface area contributed by atoms with Crippen molar-refractivity contribution < 1.29 is 12.9 Å². The van der Waals surface area contributed by atoms with Gasteiger partial charge in [-0.2, -0.15) is 9.29 Å². The quantitative estimate of drug-likeness (QED) is 0.645. The van der Waals surface area contributed by atoms with Crippen LogP contribution in [0.15, 0.2) is 37.3 Å². The van der Waals surface area contributed by atoms with E-state index in [0.717, 1.165) is 5.56 Å². The van der Waals surface area contributed by atoms with Crippen LogP contribution in [0.2, 0.25) is 0 Å². The van der Waals surface area contributed by atoms with Crippen LogP contribution in [-0.4, -0.2) is 39.0 Å². The summed E-state index contributed by atoms with van der Waals surface area (Å²) in [5.41, 5.74) is 1.23. The molecule has 31 heavy (non-hydrogen) atoms. The van der Waals surface area contributed by atoms with Gasteiger partial charge in [0.05, 0.1) is 4.90 Å². The fourth-order valence-electron chi connectivity index (χ4n) is 4.17. The number of aromatic nitrogens is 4. The van der Waals surface area contributed by atoms with Crippen molar-refractivity contribution in [2.75, 3.05) is 6.54 Å². The van der Waals surface area contributed by atoms with Gasteiger partial charge in [-0.3, -0.25) is 9.78 Å². The molecule has 0 radical (unpaired) electrons. The molecule has 11 heteroatoms. The molecule has 0 bridgehead atoms. The summed E-state index contributed by atoms with van der Waals surface area (Å²) in [6.07, 6.45) is 2.48. The molecule has 0 saturated carbocycles. The monoisotopic (exact) mass is 445 g/mol. The van der Waals surface area contributed by atoms with Crippen LogP contribution in [0, 0.1) is 20.8 Å². The lowest BCUT2D eigenvalue weighted by Gasteiger charge is -2.23. The molecule has 1 saturated heterocycles. The standard InChI is InChI=1S/C20H23N5O5S/c1-11-8-12(2)16(13(3)9-11)31(28,29)25-7-5-6-15(25)19-21-17(23-30-19)14-10-24(4)20(27)22-18(14)26/h8-10,15H,5-7H2,1-4H3,(H,22,26,27). The number of sulfonamides is 1. The zero-order valence-electron chi connectivity index (χ0n) is 17.7. The van der Waals surface area contributed by atoms with Crippen molar-refractivity contribution in [3.05, 3.63) is 61.7 Å². The van der Waals surface area contributed by atoms with Crippen molar-refractivity contribution in [2.24, 2.45) is 7.05 Å². The van der Waals surface area contributed by atoms with E-state index < -0.39 is 27.3 Å². The maximum Gasteiger partial charge on any atom is 0.328 e. The average molecular weight is 446 g/mol. The van der Waals surface area contributed by atoms with Gasteiger partial charge in [0, 0.05) is 19.8 Å². The van der Waals surface area contributed by atoms with Gasteiger partial charge in [-0.15, -0.1) is 0 Å². The summed E-state index contributed by atoms with van der Waals surface area (Å²) in [5.74, 6) is 0.116. The Labute approximate surface area is 178 Å². The van der Waals surface area contributed by atoms with Gasteiger partial charge in [0.2, 0.25) is 21.7 Å². The van der Waals surface area contributed by atoms with Crippen molar-refractivity contribution in [1.82, 2.24) is 24.0 Å². The van der Waals surface area contributed by atoms with Gasteiger partial charge in [0.15, 0.2) is 0 Å². The molecule has 4 rings (SSSR count). The summed E-state index contributed by atoms with van der Waals surface area (Å²) in [5, 5.41) is 3.86. The molecular formula is C20H23N5O5S. The molecule has 1 atom stereocenters. The Kier molecular flexibility index (Phi) is 5.18. The normalized spacial score (nSPS) is 17.4. The zero-order chi connectivity index (χ0) is 22.5. The van der Waals surface area contributed by atoms with Gasteiger partial charge in [0.25, 0.3) is 5.56 Å². The van der Waals surface area contributed by atoms with Gasteiger partial charge >= 0.3 is 5.69 Å².